The van der Waals surface area contributed by atoms with Gasteiger partial charge in [0, 0.05) is 18.4 Å². The number of imidazole rings is 1. The molecule has 0 radical (unpaired) electrons. The monoisotopic (exact) mass is 378 g/mol. The maximum absolute atomic E-state index is 12.7. The van der Waals surface area contributed by atoms with Crippen molar-refractivity contribution >= 4 is 28.7 Å². The lowest BCUT2D eigenvalue weighted by molar-refractivity contribution is 0.0949. The Morgan fingerprint density at radius 3 is 2.81 bits per heavy atom. The van der Waals surface area contributed by atoms with Crippen LogP contribution in [0.3, 0.4) is 0 Å². The standard InChI is InChI=1S/C19H18N6OS/c1-25-16-9-5-4-8-15(16)23-17(25)10-20-18(26)14-7-3-2-6-13(14)11-27-19-21-12-22-24-19/h2-9,12H,10-11H2,1H3,(H,20,26)(H,21,22,24). The molecule has 0 unspecified atom stereocenters. The molecule has 8 heteroatoms. The number of amides is 1. The summed E-state index contributed by atoms with van der Waals surface area (Å²) in [5, 5.41) is 10.4. The Kier molecular flexibility index (Phi) is 4.88. The topological polar surface area (TPSA) is 88.5 Å². The number of benzene rings is 2. The third-order valence-electron chi connectivity index (χ3n) is 4.31. The first kappa shape index (κ1) is 17.3. The molecule has 2 heterocycles. The molecule has 0 aliphatic carbocycles. The molecule has 136 valence electrons. The molecule has 0 aliphatic heterocycles. The highest BCUT2D eigenvalue weighted by Crippen LogP contribution is 2.21. The molecule has 2 aromatic heterocycles. The van der Waals surface area contributed by atoms with E-state index in [1.54, 1.807) is 0 Å². The highest BCUT2D eigenvalue weighted by Gasteiger charge is 2.13. The quantitative estimate of drug-likeness (QED) is 0.504. The predicted octanol–water partition coefficient (Wildman–Crippen LogP) is 2.91. The largest absolute Gasteiger partial charge is 0.345 e. The fourth-order valence-corrected chi connectivity index (χ4v) is 3.67. The van der Waals surface area contributed by atoms with Crippen LogP contribution in [-0.2, 0) is 19.3 Å². The molecule has 4 aromatic rings. The van der Waals surface area contributed by atoms with Crippen molar-refractivity contribution in [2.45, 2.75) is 17.5 Å². The molecule has 2 N–H and O–H groups in total. The third kappa shape index (κ3) is 3.70. The average molecular weight is 378 g/mol. The number of thioether (sulfide) groups is 1. The second-order valence-electron chi connectivity index (χ2n) is 5.99. The third-order valence-corrected chi connectivity index (χ3v) is 5.23. The van der Waals surface area contributed by atoms with E-state index in [0.717, 1.165) is 27.6 Å². The van der Waals surface area contributed by atoms with E-state index < -0.39 is 0 Å². The molecule has 0 saturated heterocycles. The number of nitrogens with zero attached hydrogens (tertiary/aromatic N) is 4. The van der Waals surface area contributed by atoms with Crippen LogP contribution >= 0.6 is 11.8 Å². The van der Waals surface area contributed by atoms with Crippen molar-refractivity contribution in [1.29, 1.82) is 0 Å². The van der Waals surface area contributed by atoms with Gasteiger partial charge in [-0.1, -0.05) is 42.1 Å². The predicted molar refractivity (Wildman–Crippen MR) is 104 cm³/mol. The number of nitrogens with one attached hydrogen (secondary N) is 2. The van der Waals surface area contributed by atoms with Crippen LogP contribution in [0.15, 0.2) is 60.0 Å². The Labute approximate surface area is 160 Å². The number of hydrogen-bond donors (Lipinski definition) is 2. The lowest BCUT2D eigenvalue weighted by atomic mass is 10.1. The van der Waals surface area contributed by atoms with E-state index in [2.05, 4.69) is 25.5 Å². The molecule has 2 aromatic carbocycles. The lowest BCUT2D eigenvalue weighted by Gasteiger charge is -2.09. The molecule has 0 aliphatic rings. The number of H-pyrrole nitrogens is 1. The van der Waals surface area contributed by atoms with E-state index >= 15 is 0 Å². The molecule has 4 rings (SSSR count). The molecule has 0 saturated carbocycles. The van der Waals surface area contributed by atoms with Crippen molar-refractivity contribution in [2.24, 2.45) is 7.05 Å². The fourth-order valence-electron chi connectivity index (χ4n) is 2.89. The summed E-state index contributed by atoms with van der Waals surface area (Å²) in [5.41, 5.74) is 3.57. The number of aromatic nitrogens is 5. The summed E-state index contributed by atoms with van der Waals surface area (Å²) in [6, 6.07) is 15.5. The Hall–Kier alpha value is -3.13. The van der Waals surface area contributed by atoms with Gasteiger partial charge in [-0.25, -0.2) is 9.97 Å². The minimum absolute atomic E-state index is 0.115. The summed E-state index contributed by atoms with van der Waals surface area (Å²) in [4.78, 5) is 21.4. The van der Waals surface area contributed by atoms with Crippen molar-refractivity contribution in [2.75, 3.05) is 0 Å². The smallest absolute Gasteiger partial charge is 0.251 e. The number of carbonyl (C=O) groups is 1. The molecule has 0 spiro atoms. The summed E-state index contributed by atoms with van der Waals surface area (Å²) in [6.07, 6.45) is 1.47. The van der Waals surface area contributed by atoms with E-state index in [1.807, 2.05) is 60.1 Å². The van der Waals surface area contributed by atoms with Crippen LogP contribution in [-0.4, -0.2) is 30.6 Å². The minimum atomic E-state index is -0.115. The van der Waals surface area contributed by atoms with Gasteiger partial charge in [0.05, 0.1) is 17.6 Å². The van der Waals surface area contributed by atoms with Gasteiger partial charge in [-0.3, -0.25) is 9.89 Å². The summed E-state index contributed by atoms with van der Waals surface area (Å²) >= 11 is 1.51. The van der Waals surface area contributed by atoms with Gasteiger partial charge in [0.15, 0.2) is 5.16 Å². The van der Waals surface area contributed by atoms with Gasteiger partial charge >= 0.3 is 0 Å². The Balaban J connectivity index is 1.47. The van der Waals surface area contributed by atoms with E-state index in [9.17, 15) is 4.79 Å². The number of rotatable bonds is 6. The number of fused-ring (bicyclic) bond motifs is 1. The number of aromatic amines is 1. The summed E-state index contributed by atoms with van der Waals surface area (Å²) in [7, 11) is 1.96. The van der Waals surface area contributed by atoms with Gasteiger partial charge in [0.25, 0.3) is 5.91 Å². The van der Waals surface area contributed by atoms with Gasteiger partial charge in [0.1, 0.15) is 12.2 Å². The normalized spacial score (nSPS) is 11.0. The summed E-state index contributed by atoms with van der Waals surface area (Å²) < 4.78 is 2.00. The van der Waals surface area contributed by atoms with E-state index in [0.29, 0.717) is 17.9 Å². The summed E-state index contributed by atoms with van der Waals surface area (Å²) in [5.74, 6) is 1.33. The van der Waals surface area contributed by atoms with Crippen LogP contribution in [0.25, 0.3) is 11.0 Å². The second kappa shape index (κ2) is 7.63. The van der Waals surface area contributed by atoms with Gasteiger partial charge in [-0.05, 0) is 23.8 Å². The van der Waals surface area contributed by atoms with Gasteiger partial charge in [0.2, 0.25) is 0 Å². The van der Waals surface area contributed by atoms with Crippen LogP contribution < -0.4 is 5.32 Å². The molecule has 0 bridgehead atoms. The van der Waals surface area contributed by atoms with Crippen LogP contribution in [0.1, 0.15) is 21.7 Å². The first-order valence-electron chi connectivity index (χ1n) is 8.47. The molecule has 0 fully saturated rings. The van der Waals surface area contributed by atoms with Crippen molar-refractivity contribution in [3.8, 4) is 0 Å². The van der Waals surface area contributed by atoms with E-state index in [4.69, 9.17) is 0 Å². The van der Waals surface area contributed by atoms with Crippen LogP contribution in [0.4, 0.5) is 0 Å². The van der Waals surface area contributed by atoms with E-state index in [-0.39, 0.29) is 5.91 Å². The molecule has 7 nitrogen and oxygen atoms in total. The van der Waals surface area contributed by atoms with Gasteiger partial charge in [-0.2, -0.15) is 5.10 Å². The number of hydrogen-bond acceptors (Lipinski definition) is 5. The number of carbonyl (C=O) groups excluding carboxylic acids is 1. The highest BCUT2D eigenvalue weighted by atomic mass is 32.2. The molecule has 27 heavy (non-hydrogen) atoms. The lowest BCUT2D eigenvalue weighted by Crippen LogP contribution is -2.25. The summed E-state index contributed by atoms with van der Waals surface area (Å²) in [6.45, 7) is 0.369. The Morgan fingerprint density at radius 1 is 1.19 bits per heavy atom. The number of para-hydroxylation sites is 2. The fraction of sp³-hybridized carbons (Fsp3) is 0.158. The molecule has 1 amide bonds. The zero-order valence-corrected chi connectivity index (χ0v) is 15.5. The van der Waals surface area contributed by atoms with E-state index in [1.165, 1.54) is 18.1 Å². The number of aryl methyl sites for hydroxylation is 1. The maximum atomic E-state index is 12.7. The molecular formula is C19H18N6OS. The van der Waals surface area contributed by atoms with Gasteiger partial charge in [-0.15, -0.1) is 0 Å². The van der Waals surface area contributed by atoms with Crippen molar-refractivity contribution in [3.05, 3.63) is 71.8 Å². The van der Waals surface area contributed by atoms with Crippen LogP contribution in [0.2, 0.25) is 0 Å². The first-order chi connectivity index (χ1) is 13.2. The maximum Gasteiger partial charge on any atom is 0.251 e. The minimum Gasteiger partial charge on any atom is -0.345 e. The van der Waals surface area contributed by atoms with Crippen LogP contribution in [0.5, 0.6) is 0 Å². The molecule has 0 atom stereocenters. The zero-order valence-electron chi connectivity index (χ0n) is 14.7. The highest BCUT2D eigenvalue weighted by molar-refractivity contribution is 7.98. The van der Waals surface area contributed by atoms with Crippen molar-refractivity contribution < 1.29 is 4.79 Å². The SMILES string of the molecule is Cn1c(CNC(=O)c2ccccc2CSc2ncn[nH]2)nc2ccccc21. The van der Waals surface area contributed by atoms with Crippen LogP contribution in [0, 0.1) is 0 Å². The zero-order chi connectivity index (χ0) is 18.6. The van der Waals surface area contributed by atoms with Crippen molar-refractivity contribution in [1.82, 2.24) is 30.0 Å². The Morgan fingerprint density at radius 2 is 2.00 bits per heavy atom. The van der Waals surface area contributed by atoms with Gasteiger partial charge < -0.3 is 9.88 Å². The second-order valence-corrected chi connectivity index (χ2v) is 6.96. The Bertz CT molecular complexity index is 1070. The first-order valence-corrected chi connectivity index (χ1v) is 9.45. The molecular weight excluding hydrogens is 360 g/mol. The van der Waals surface area contributed by atoms with Crippen molar-refractivity contribution in [3.63, 3.8) is 0 Å². The average Bonchev–Trinajstić information content (AvgIpc) is 3.33.